The van der Waals surface area contributed by atoms with E-state index in [4.69, 9.17) is 25.0 Å². The van der Waals surface area contributed by atoms with Crippen molar-refractivity contribution in [3.63, 3.8) is 0 Å². The van der Waals surface area contributed by atoms with Gasteiger partial charge in [-0.25, -0.2) is 4.98 Å². The predicted octanol–water partition coefficient (Wildman–Crippen LogP) is -1.38. The van der Waals surface area contributed by atoms with Crippen molar-refractivity contribution in [1.29, 1.82) is 0 Å². The first-order valence-electron chi connectivity index (χ1n) is 6.34. The predicted molar refractivity (Wildman–Crippen MR) is 74.1 cm³/mol. The van der Waals surface area contributed by atoms with E-state index < -0.39 is 31.7 Å². The van der Waals surface area contributed by atoms with Gasteiger partial charge in [0, 0.05) is 0 Å². The Balaban J connectivity index is 1.75. The molecule has 0 aromatic carbocycles. The quantitative estimate of drug-likeness (QED) is 0.494. The Labute approximate surface area is 123 Å². The van der Waals surface area contributed by atoms with Gasteiger partial charge in [-0.2, -0.15) is 4.98 Å². The van der Waals surface area contributed by atoms with Gasteiger partial charge >= 0.3 is 7.60 Å². The standard InChI is InChI=1S/C10H14N5O6P/c11-10-13-8-7(9(16)14-10)12-4-15(8)1-5-2-20-6(21-5)3-22(17,18)19/h4-6H,1-3H2,(H2,17,18,19)(H3,11,13,14,16)/t5-,6?/m1/s1. The molecule has 2 atom stereocenters. The molecule has 12 heteroatoms. The summed E-state index contributed by atoms with van der Waals surface area (Å²) in [5, 5.41) is 0. The van der Waals surface area contributed by atoms with Crippen molar-refractivity contribution in [2.75, 3.05) is 18.5 Å². The molecule has 1 aliphatic heterocycles. The second-order valence-electron chi connectivity index (χ2n) is 4.89. The maximum absolute atomic E-state index is 11.7. The van der Waals surface area contributed by atoms with Crippen LogP contribution in [0.2, 0.25) is 0 Å². The van der Waals surface area contributed by atoms with Crippen LogP contribution in [0.3, 0.4) is 0 Å². The molecule has 3 rings (SSSR count). The molecule has 2 aromatic rings. The molecule has 11 nitrogen and oxygen atoms in total. The Morgan fingerprint density at radius 2 is 2.32 bits per heavy atom. The highest BCUT2D eigenvalue weighted by molar-refractivity contribution is 7.51. The zero-order valence-corrected chi connectivity index (χ0v) is 12.1. The molecule has 0 amide bonds. The number of nitrogens with two attached hydrogens (primary N) is 1. The molecule has 1 saturated heterocycles. The number of aromatic amines is 1. The number of hydrogen-bond donors (Lipinski definition) is 4. The number of aromatic nitrogens is 4. The normalized spacial score (nSPS) is 22.5. The largest absolute Gasteiger partial charge is 0.369 e. The topological polar surface area (TPSA) is 166 Å². The summed E-state index contributed by atoms with van der Waals surface area (Å²) < 4.78 is 23.1. The lowest BCUT2D eigenvalue weighted by molar-refractivity contribution is -0.0442. The molecule has 1 unspecified atom stereocenters. The highest BCUT2D eigenvalue weighted by Gasteiger charge is 2.32. The molecule has 22 heavy (non-hydrogen) atoms. The smallest absolute Gasteiger partial charge is 0.330 e. The summed E-state index contributed by atoms with van der Waals surface area (Å²) in [5.41, 5.74) is 5.52. The van der Waals surface area contributed by atoms with Gasteiger partial charge in [0.2, 0.25) is 5.95 Å². The molecule has 0 bridgehead atoms. The fraction of sp³-hybridized carbons (Fsp3) is 0.500. The van der Waals surface area contributed by atoms with Crippen molar-refractivity contribution in [3.8, 4) is 0 Å². The third-order valence-electron chi connectivity index (χ3n) is 3.09. The summed E-state index contributed by atoms with van der Waals surface area (Å²) in [6, 6.07) is 0. The van der Waals surface area contributed by atoms with Gasteiger partial charge < -0.3 is 29.6 Å². The van der Waals surface area contributed by atoms with Crippen LogP contribution in [0, 0.1) is 0 Å². The molecule has 0 saturated carbocycles. The van der Waals surface area contributed by atoms with E-state index in [0.717, 1.165) is 0 Å². The number of rotatable bonds is 4. The fourth-order valence-electron chi connectivity index (χ4n) is 2.22. The first-order chi connectivity index (χ1) is 10.3. The van der Waals surface area contributed by atoms with Crippen molar-refractivity contribution in [1.82, 2.24) is 19.5 Å². The van der Waals surface area contributed by atoms with Crippen molar-refractivity contribution in [2.24, 2.45) is 0 Å². The third-order valence-corrected chi connectivity index (χ3v) is 3.87. The number of fused-ring (bicyclic) bond motifs is 1. The lowest BCUT2D eigenvalue weighted by Crippen LogP contribution is -2.21. The average molecular weight is 331 g/mol. The summed E-state index contributed by atoms with van der Waals surface area (Å²) in [4.78, 5) is 39.8. The van der Waals surface area contributed by atoms with Gasteiger partial charge in [0.15, 0.2) is 17.5 Å². The number of nitrogens with one attached hydrogen (secondary N) is 1. The summed E-state index contributed by atoms with van der Waals surface area (Å²) >= 11 is 0. The first-order valence-corrected chi connectivity index (χ1v) is 8.14. The number of imidazole rings is 1. The minimum atomic E-state index is -4.21. The summed E-state index contributed by atoms with van der Waals surface area (Å²) in [6.45, 7) is 0.438. The van der Waals surface area contributed by atoms with E-state index in [1.165, 1.54) is 6.33 Å². The highest BCUT2D eigenvalue weighted by atomic mass is 31.2. The van der Waals surface area contributed by atoms with Crippen LogP contribution < -0.4 is 11.3 Å². The molecule has 120 valence electrons. The van der Waals surface area contributed by atoms with Crippen LogP contribution in [0.4, 0.5) is 5.95 Å². The van der Waals surface area contributed by atoms with E-state index in [2.05, 4.69) is 15.0 Å². The Kier molecular flexibility index (Phi) is 3.75. The van der Waals surface area contributed by atoms with Crippen molar-refractivity contribution in [2.45, 2.75) is 18.9 Å². The van der Waals surface area contributed by atoms with Gasteiger partial charge in [0.25, 0.3) is 5.56 Å². The second-order valence-corrected chi connectivity index (χ2v) is 6.58. The minimum absolute atomic E-state index is 0.0257. The number of nitrogen functional groups attached to an aromatic ring is 1. The Bertz CT molecular complexity index is 797. The van der Waals surface area contributed by atoms with E-state index in [0.29, 0.717) is 5.65 Å². The van der Waals surface area contributed by atoms with E-state index in [1.54, 1.807) is 4.57 Å². The zero-order valence-electron chi connectivity index (χ0n) is 11.2. The van der Waals surface area contributed by atoms with Crippen LogP contribution in [0.5, 0.6) is 0 Å². The Morgan fingerprint density at radius 1 is 1.55 bits per heavy atom. The van der Waals surface area contributed by atoms with E-state index in [-0.39, 0.29) is 24.6 Å². The van der Waals surface area contributed by atoms with Crippen LogP contribution in [0.15, 0.2) is 11.1 Å². The van der Waals surface area contributed by atoms with Crippen molar-refractivity contribution < 1.29 is 23.8 Å². The number of ether oxygens (including phenoxy) is 2. The van der Waals surface area contributed by atoms with Crippen LogP contribution in [-0.2, 0) is 20.6 Å². The van der Waals surface area contributed by atoms with Crippen molar-refractivity contribution >= 4 is 24.7 Å². The summed E-state index contributed by atoms with van der Waals surface area (Å²) in [6.07, 6.45) is -0.469. The summed E-state index contributed by atoms with van der Waals surface area (Å²) in [7, 11) is -4.21. The third kappa shape index (κ3) is 3.18. The van der Waals surface area contributed by atoms with Crippen molar-refractivity contribution in [3.05, 3.63) is 16.7 Å². The van der Waals surface area contributed by atoms with Gasteiger partial charge in [-0.05, 0) is 0 Å². The molecule has 2 aromatic heterocycles. The molecule has 0 spiro atoms. The molecule has 0 radical (unpaired) electrons. The van der Waals surface area contributed by atoms with Crippen LogP contribution in [0.1, 0.15) is 0 Å². The van der Waals surface area contributed by atoms with Gasteiger partial charge in [0.1, 0.15) is 12.3 Å². The van der Waals surface area contributed by atoms with Crippen LogP contribution in [-0.4, -0.2) is 54.5 Å². The molecular formula is C10H14N5O6P. The van der Waals surface area contributed by atoms with E-state index in [9.17, 15) is 9.36 Å². The molecular weight excluding hydrogens is 317 g/mol. The van der Waals surface area contributed by atoms with E-state index in [1.807, 2.05) is 0 Å². The lowest BCUT2D eigenvalue weighted by Gasteiger charge is -2.12. The molecule has 0 aliphatic carbocycles. The van der Waals surface area contributed by atoms with Gasteiger partial charge in [0.05, 0.1) is 19.5 Å². The van der Waals surface area contributed by atoms with Crippen LogP contribution >= 0.6 is 7.60 Å². The molecule has 1 fully saturated rings. The number of hydrogen-bond acceptors (Lipinski definition) is 7. The fourth-order valence-corrected chi connectivity index (χ4v) is 2.80. The first kappa shape index (κ1) is 15.1. The summed E-state index contributed by atoms with van der Waals surface area (Å²) in [5.74, 6) is -0.0257. The van der Waals surface area contributed by atoms with Crippen LogP contribution in [0.25, 0.3) is 11.2 Å². The maximum atomic E-state index is 11.7. The molecule has 1 aliphatic rings. The SMILES string of the molecule is Nc1nc2c(ncn2C[C@@H]2COC(CP(=O)(O)O)O2)c(=O)[nH]1. The maximum Gasteiger partial charge on any atom is 0.330 e. The molecule has 3 heterocycles. The number of anilines is 1. The minimum Gasteiger partial charge on any atom is -0.369 e. The average Bonchev–Trinajstić information content (AvgIpc) is 2.96. The van der Waals surface area contributed by atoms with Gasteiger partial charge in [-0.1, -0.05) is 0 Å². The number of nitrogens with zero attached hydrogens (tertiary/aromatic N) is 3. The number of H-pyrrole nitrogens is 1. The highest BCUT2D eigenvalue weighted by Crippen LogP contribution is 2.37. The molecule has 5 N–H and O–H groups in total. The Morgan fingerprint density at radius 3 is 3.05 bits per heavy atom. The monoisotopic (exact) mass is 331 g/mol. The zero-order chi connectivity index (χ0) is 15.9. The Hall–Kier alpha value is -1.78. The van der Waals surface area contributed by atoms with E-state index >= 15 is 0 Å². The second kappa shape index (κ2) is 5.45. The van der Waals surface area contributed by atoms with Gasteiger partial charge in [-0.15, -0.1) is 0 Å². The van der Waals surface area contributed by atoms with Gasteiger partial charge in [-0.3, -0.25) is 14.3 Å². The lowest BCUT2D eigenvalue weighted by atomic mass is 10.4.